The van der Waals surface area contributed by atoms with Gasteiger partial charge in [-0.3, -0.25) is 8.98 Å². The van der Waals surface area contributed by atoms with Crippen molar-refractivity contribution >= 4 is 16.3 Å². The molecule has 0 unspecified atom stereocenters. The Bertz CT molecular complexity index is 513. The number of hydrogen-bond acceptors (Lipinski definition) is 5. The van der Waals surface area contributed by atoms with Gasteiger partial charge >= 0.3 is 0 Å². The minimum atomic E-state index is -4.48. The SMILES string of the molecule is C=C(C)C(=O)NCCC[N+](C)(C)C.CCCCCCCCCCOS(=O)(=O)[O-]. The Morgan fingerprint density at radius 1 is 1.00 bits per heavy atom. The van der Waals surface area contributed by atoms with Crippen LogP contribution >= 0.6 is 0 Å². The summed E-state index contributed by atoms with van der Waals surface area (Å²) in [6.07, 6.45) is 9.92. The van der Waals surface area contributed by atoms with Crippen LogP contribution in [-0.4, -0.2) is 64.2 Å². The molecule has 0 aromatic heterocycles. The fourth-order valence-corrected chi connectivity index (χ4v) is 2.63. The molecule has 0 atom stereocenters. The van der Waals surface area contributed by atoms with Crippen molar-refractivity contribution in [3.63, 3.8) is 0 Å². The Labute approximate surface area is 173 Å². The van der Waals surface area contributed by atoms with Gasteiger partial charge in [-0.2, -0.15) is 0 Å². The molecule has 28 heavy (non-hydrogen) atoms. The Hall–Kier alpha value is -0.960. The molecule has 0 spiro atoms. The summed E-state index contributed by atoms with van der Waals surface area (Å²) in [6, 6.07) is 0. The van der Waals surface area contributed by atoms with E-state index in [0.29, 0.717) is 12.0 Å². The molecule has 0 saturated carbocycles. The third-order valence-corrected chi connectivity index (χ3v) is 4.36. The van der Waals surface area contributed by atoms with E-state index in [-0.39, 0.29) is 12.5 Å². The molecule has 7 nitrogen and oxygen atoms in total. The summed E-state index contributed by atoms with van der Waals surface area (Å²) < 4.78 is 35.2. The van der Waals surface area contributed by atoms with Crippen LogP contribution in [0.15, 0.2) is 12.2 Å². The normalized spacial score (nSPS) is 11.5. The minimum Gasteiger partial charge on any atom is -0.726 e. The van der Waals surface area contributed by atoms with Gasteiger partial charge in [-0.05, 0) is 13.3 Å². The van der Waals surface area contributed by atoms with Gasteiger partial charge in [-0.15, -0.1) is 0 Å². The van der Waals surface area contributed by atoms with E-state index in [1.54, 1.807) is 6.92 Å². The summed E-state index contributed by atoms with van der Waals surface area (Å²) in [4.78, 5) is 11.1. The highest BCUT2D eigenvalue weighted by molar-refractivity contribution is 7.80. The smallest absolute Gasteiger partial charge is 0.246 e. The molecule has 0 radical (unpaired) electrons. The second-order valence-corrected chi connectivity index (χ2v) is 9.16. The molecule has 168 valence electrons. The highest BCUT2D eigenvalue weighted by Gasteiger charge is 2.06. The van der Waals surface area contributed by atoms with Gasteiger partial charge < -0.3 is 14.4 Å². The molecule has 0 aliphatic rings. The number of nitrogens with one attached hydrogen (secondary N) is 1. The number of nitrogens with zero attached hydrogens (tertiary/aromatic N) is 1. The molecule has 0 saturated heterocycles. The van der Waals surface area contributed by atoms with Gasteiger partial charge in [0.25, 0.3) is 0 Å². The van der Waals surface area contributed by atoms with Crippen molar-refractivity contribution in [3.8, 4) is 0 Å². The lowest BCUT2D eigenvalue weighted by Gasteiger charge is -2.23. The molecule has 8 heteroatoms. The van der Waals surface area contributed by atoms with Crippen LogP contribution in [0.25, 0.3) is 0 Å². The first-order chi connectivity index (χ1) is 12.9. The molecular formula is C20H42N2O5S. The second-order valence-electron chi connectivity index (χ2n) is 8.11. The summed E-state index contributed by atoms with van der Waals surface area (Å²) >= 11 is 0. The van der Waals surface area contributed by atoms with Crippen LogP contribution in [0.3, 0.4) is 0 Å². The lowest BCUT2D eigenvalue weighted by atomic mass is 10.1. The molecule has 0 aromatic rings. The van der Waals surface area contributed by atoms with Crippen molar-refractivity contribution in [2.75, 3.05) is 40.8 Å². The molecule has 0 heterocycles. The number of carbonyl (C=O) groups is 1. The maximum Gasteiger partial charge on any atom is 0.246 e. The van der Waals surface area contributed by atoms with Gasteiger partial charge in [0.05, 0.1) is 34.3 Å². The number of hydrogen-bond donors (Lipinski definition) is 1. The van der Waals surface area contributed by atoms with Crippen LogP contribution in [0.1, 0.15) is 71.6 Å². The van der Waals surface area contributed by atoms with Crippen LogP contribution in [0, 0.1) is 0 Å². The zero-order chi connectivity index (χ0) is 22.1. The molecule has 0 bridgehead atoms. The first kappa shape index (κ1) is 29.2. The Morgan fingerprint density at radius 2 is 1.50 bits per heavy atom. The van der Waals surface area contributed by atoms with E-state index >= 15 is 0 Å². The molecular weight excluding hydrogens is 380 g/mol. The van der Waals surface area contributed by atoms with E-state index in [0.717, 1.165) is 36.8 Å². The highest BCUT2D eigenvalue weighted by atomic mass is 32.3. The number of amides is 1. The van der Waals surface area contributed by atoms with Crippen LogP contribution < -0.4 is 5.32 Å². The van der Waals surface area contributed by atoms with Gasteiger partial charge in [0.2, 0.25) is 16.3 Å². The summed E-state index contributed by atoms with van der Waals surface area (Å²) in [5.74, 6) is -0.0404. The van der Waals surface area contributed by atoms with Crippen LogP contribution in [0.2, 0.25) is 0 Å². The highest BCUT2D eigenvalue weighted by Crippen LogP contribution is 2.08. The molecule has 1 amide bonds. The zero-order valence-electron chi connectivity index (χ0n) is 18.6. The average Bonchev–Trinajstić information content (AvgIpc) is 2.55. The first-order valence-electron chi connectivity index (χ1n) is 10.2. The lowest BCUT2D eigenvalue weighted by molar-refractivity contribution is -0.870. The van der Waals surface area contributed by atoms with Gasteiger partial charge in [0.1, 0.15) is 0 Å². The maximum absolute atomic E-state index is 11.1. The van der Waals surface area contributed by atoms with Crippen molar-refractivity contribution < 1.29 is 26.4 Å². The van der Waals surface area contributed by atoms with Gasteiger partial charge in [0, 0.05) is 18.5 Å². The molecule has 0 fully saturated rings. The second kappa shape index (κ2) is 16.9. The van der Waals surface area contributed by atoms with E-state index < -0.39 is 10.4 Å². The zero-order valence-corrected chi connectivity index (χ0v) is 19.4. The van der Waals surface area contributed by atoms with E-state index in [2.05, 4.69) is 44.1 Å². The Morgan fingerprint density at radius 3 is 1.93 bits per heavy atom. The van der Waals surface area contributed by atoms with Gasteiger partial charge in [0.15, 0.2) is 0 Å². The van der Waals surface area contributed by atoms with Crippen LogP contribution in [0.4, 0.5) is 0 Å². The van der Waals surface area contributed by atoms with Gasteiger partial charge in [-0.1, -0.05) is 58.4 Å². The number of rotatable bonds is 15. The third-order valence-electron chi connectivity index (χ3n) is 3.90. The van der Waals surface area contributed by atoms with Crippen molar-refractivity contribution in [3.05, 3.63) is 12.2 Å². The number of quaternary nitrogens is 1. The number of carbonyl (C=O) groups excluding carboxylic acids is 1. The first-order valence-corrected chi connectivity index (χ1v) is 11.6. The summed E-state index contributed by atoms with van der Waals surface area (Å²) in [7, 11) is 1.94. The van der Waals surface area contributed by atoms with Gasteiger partial charge in [-0.25, -0.2) is 8.42 Å². The fraction of sp³-hybridized carbons (Fsp3) is 0.850. The quantitative estimate of drug-likeness (QED) is 0.143. The van der Waals surface area contributed by atoms with Crippen molar-refractivity contribution in [1.82, 2.24) is 5.32 Å². The van der Waals surface area contributed by atoms with Crippen molar-refractivity contribution in [2.24, 2.45) is 0 Å². The van der Waals surface area contributed by atoms with E-state index in [4.69, 9.17) is 0 Å². The summed E-state index contributed by atoms with van der Waals surface area (Å²) in [6.45, 7) is 9.30. The maximum atomic E-state index is 11.1. The fourth-order valence-electron chi connectivity index (χ4n) is 2.30. The lowest BCUT2D eigenvalue weighted by Crippen LogP contribution is -2.37. The Kier molecular flexibility index (Phi) is 17.7. The van der Waals surface area contributed by atoms with Crippen molar-refractivity contribution in [1.29, 1.82) is 0 Å². The van der Waals surface area contributed by atoms with E-state index in [1.165, 1.54) is 32.1 Å². The van der Waals surface area contributed by atoms with Crippen LogP contribution in [0.5, 0.6) is 0 Å². The molecule has 0 aromatic carbocycles. The third kappa shape index (κ3) is 27.3. The molecule has 0 rings (SSSR count). The van der Waals surface area contributed by atoms with E-state index in [1.807, 2.05) is 0 Å². The predicted molar refractivity (Wildman–Crippen MR) is 114 cm³/mol. The topological polar surface area (TPSA) is 95.5 Å². The minimum absolute atomic E-state index is 0.0286. The predicted octanol–water partition coefficient (Wildman–Crippen LogP) is 3.38. The van der Waals surface area contributed by atoms with E-state index in [9.17, 15) is 17.8 Å². The van der Waals surface area contributed by atoms with Crippen LogP contribution in [-0.2, 0) is 19.4 Å². The number of unbranched alkanes of at least 4 members (excludes halogenated alkanes) is 7. The standard InChI is InChI=1S/C10H20N2O.C10H22O4S/c1-9(2)10(13)11-7-6-8-12(3,4)5;1-2-3-4-5-6-7-8-9-10-14-15(11,12)13/h1,6-8H2,2-5H3;2-10H2,1H3,(H,11,12,13). The molecule has 1 N–H and O–H groups in total. The molecule has 0 aliphatic heterocycles. The monoisotopic (exact) mass is 422 g/mol. The Balaban J connectivity index is 0. The average molecular weight is 423 g/mol. The van der Waals surface area contributed by atoms with Crippen molar-refractivity contribution in [2.45, 2.75) is 71.6 Å². The summed E-state index contributed by atoms with van der Waals surface area (Å²) in [5.41, 5.74) is 0.574. The molecule has 0 aliphatic carbocycles. The largest absolute Gasteiger partial charge is 0.726 e. The summed E-state index contributed by atoms with van der Waals surface area (Å²) in [5, 5.41) is 2.81.